The molecular weight excluding hydrogens is 508 g/mol. The molecular formula is C20H32N10O8. The molecule has 6 amide bonds. The quantitative estimate of drug-likeness (QED) is 0.149. The summed E-state index contributed by atoms with van der Waals surface area (Å²) in [5.41, 5.74) is 5.26. The van der Waals surface area contributed by atoms with Gasteiger partial charge in [-0.3, -0.25) is 34.2 Å². The zero-order valence-corrected chi connectivity index (χ0v) is 20.4. The summed E-state index contributed by atoms with van der Waals surface area (Å²) >= 11 is 0. The Kier molecular flexibility index (Phi) is 10.9. The van der Waals surface area contributed by atoms with Crippen molar-refractivity contribution in [1.82, 2.24) is 42.5 Å². The molecule has 1 unspecified atom stereocenters. The lowest BCUT2D eigenvalue weighted by Gasteiger charge is -2.33. The number of guanidine groups is 1. The minimum Gasteiger partial charge on any atom is -0.394 e. The molecule has 0 aromatic carbocycles. The van der Waals surface area contributed by atoms with E-state index in [1.165, 1.54) is 0 Å². The van der Waals surface area contributed by atoms with Crippen molar-refractivity contribution in [2.45, 2.75) is 43.6 Å². The van der Waals surface area contributed by atoms with Crippen LogP contribution < -0.4 is 48.3 Å². The Labute approximate surface area is 216 Å². The number of carbonyl (C=O) groups is 6. The molecule has 2 aliphatic heterocycles. The fraction of sp³-hybridized carbons (Fsp3) is 0.550. The smallest absolute Gasteiger partial charge is 0.270 e. The first-order chi connectivity index (χ1) is 18.0. The van der Waals surface area contributed by atoms with Gasteiger partial charge < -0.3 is 58.5 Å². The molecule has 2 heterocycles. The van der Waals surface area contributed by atoms with Gasteiger partial charge in [-0.2, -0.15) is 0 Å². The van der Waals surface area contributed by atoms with Crippen LogP contribution in [0.5, 0.6) is 0 Å². The third-order valence-corrected chi connectivity index (χ3v) is 5.44. The Balaban J connectivity index is 2.46. The first kappa shape index (κ1) is 29.9. The molecule has 18 nitrogen and oxygen atoms in total. The highest BCUT2D eigenvalue weighted by Crippen LogP contribution is 2.05. The van der Waals surface area contributed by atoms with Crippen molar-refractivity contribution in [1.29, 1.82) is 5.41 Å². The van der Waals surface area contributed by atoms with Gasteiger partial charge in [0.25, 0.3) is 5.91 Å². The number of hydrogen-bond acceptors (Lipinski definition) is 10. The van der Waals surface area contributed by atoms with E-state index < -0.39 is 91.1 Å². The van der Waals surface area contributed by atoms with Gasteiger partial charge in [0.05, 0.1) is 19.3 Å². The molecule has 2 fully saturated rings. The molecule has 210 valence electrons. The minimum absolute atomic E-state index is 0.106. The average Bonchev–Trinajstić information content (AvgIpc) is 2.88. The largest absolute Gasteiger partial charge is 0.394 e. The molecule has 38 heavy (non-hydrogen) atoms. The number of hydrogen-bond donors (Lipinski definition) is 12. The number of amides is 6. The highest BCUT2D eigenvalue weighted by atomic mass is 16.3. The predicted octanol–water partition coefficient (Wildman–Crippen LogP) is -7.14. The van der Waals surface area contributed by atoms with Crippen LogP contribution in [0.4, 0.5) is 0 Å². The summed E-state index contributed by atoms with van der Waals surface area (Å²) in [6, 6.07) is -6.72. The van der Waals surface area contributed by atoms with Gasteiger partial charge in [-0.15, -0.1) is 0 Å². The molecule has 2 rings (SSSR count). The molecule has 0 bridgehead atoms. The van der Waals surface area contributed by atoms with Gasteiger partial charge in [0.15, 0.2) is 5.96 Å². The molecule has 0 spiro atoms. The highest BCUT2D eigenvalue weighted by molar-refractivity contribution is 6.02. The van der Waals surface area contributed by atoms with Crippen molar-refractivity contribution in [2.75, 3.05) is 26.3 Å². The standard InChI is InChI=1S/C20H32N10O8/c1-8(33)24-5-11-16(35)30-14(10-2-3-23-20(22)29-10)19(38)25-4-9(21)15(34)27-12(6-31)18(37)28-13(7-32)17(36)26-11/h5,9-10,12-14,31-32H,2-4,6-7,21H2,1H3,(H,24,33)(H,25,38)(H,26,36)(H,27,34)(H,28,37)(H,30,35)(H3,22,23,29)/b11-5-/t9-,10?,12-,13-,14-/m0/s1. The van der Waals surface area contributed by atoms with Crippen LogP contribution in [-0.2, 0) is 28.8 Å². The van der Waals surface area contributed by atoms with E-state index in [0.717, 1.165) is 13.1 Å². The minimum atomic E-state index is -1.64. The molecule has 2 saturated heterocycles. The summed E-state index contributed by atoms with van der Waals surface area (Å²) in [5, 5.41) is 45.9. The van der Waals surface area contributed by atoms with E-state index in [0.29, 0.717) is 6.54 Å². The number of aliphatic hydroxyl groups is 2. The summed E-state index contributed by atoms with van der Waals surface area (Å²) in [6.07, 6.45) is 1.13. The third kappa shape index (κ3) is 8.39. The molecule has 0 aromatic heterocycles. The fourth-order valence-electron chi connectivity index (χ4n) is 3.38. The normalized spacial score (nSPS) is 29.1. The number of rotatable bonds is 4. The molecule has 0 radical (unpaired) electrons. The van der Waals surface area contributed by atoms with Gasteiger partial charge in [-0.1, -0.05) is 0 Å². The number of nitrogens with two attached hydrogens (primary N) is 1. The molecule has 5 atom stereocenters. The van der Waals surface area contributed by atoms with Crippen LogP contribution in [0.1, 0.15) is 13.3 Å². The van der Waals surface area contributed by atoms with Crippen LogP contribution >= 0.6 is 0 Å². The van der Waals surface area contributed by atoms with Crippen molar-refractivity contribution in [3.8, 4) is 0 Å². The maximum Gasteiger partial charge on any atom is 0.270 e. The van der Waals surface area contributed by atoms with Gasteiger partial charge in [0.2, 0.25) is 29.5 Å². The first-order valence-corrected chi connectivity index (χ1v) is 11.5. The lowest BCUT2D eigenvalue weighted by Crippen LogP contribution is -2.65. The van der Waals surface area contributed by atoms with E-state index in [4.69, 9.17) is 11.1 Å². The fourth-order valence-corrected chi connectivity index (χ4v) is 3.38. The van der Waals surface area contributed by atoms with Crippen LogP contribution in [0.15, 0.2) is 11.9 Å². The highest BCUT2D eigenvalue weighted by Gasteiger charge is 2.35. The van der Waals surface area contributed by atoms with Crippen molar-refractivity contribution in [3.63, 3.8) is 0 Å². The van der Waals surface area contributed by atoms with Crippen molar-refractivity contribution >= 4 is 41.4 Å². The lowest BCUT2D eigenvalue weighted by atomic mass is 10.0. The second-order valence-electron chi connectivity index (χ2n) is 8.38. The second kappa shape index (κ2) is 13.9. The summed E-state index contributed by atoms with van der Waals surface area (Å²) in [7, 11) is 0. The molecule has 13 N–H and O–H groups in total. The molecule has 0 aromatic rings. The Bertz CT molecular complexity index is 1000. The van der Waals surface area contributed by atoms with Crippen molar-refractivity contribution in [3.05, 3.63) is 11.9 Å². The van der Waals surface area contributed by atoms with E-state index in [2.05, 4.69) is 42.5 Å². The van der Waals surface area contributed by atoms with E-state index in [-0.39, 0.29) is 12.4 Å². The SMILES string of the molecule is CC(=O)N/C=C1\NC(=O)[C@H](CO)NC(=O)[C@H](CO)NC(=O)[C@@H](N)CNC(=O)[C@H](C2CCNC(=N)N2)NC1=O. The van der Waals surface area contributed by atoms with Crippen LogP contribution in [0.25, 0.3) is 0 Å². The van der Waals surface area contributed by atoms with E-state index >= 15 is 0 Å². The zero-order chi connectivity index (χ0) is 28.4. The Hall–Kier alpha value is -4.29. The van der Waals surface area contributed by atoms with Crippen LogP contribution in [0.3, 0.4) is 0 Å². The summed E-state index contributed by atoms with van der Waals surface area (Å²) < 4.78 is 0. The molecule has 0 aliphatic carbocycles. The van der Waals surface area contributed by atoms with Gasteiger partial charge >= 0.3 is 0 Å². The van der Waals surface area contributed by atoms with Crippen LogP contribution in [-0.4, -0.2) is 108 Å². The molecule has 0 saturated carbocycles. The average molecular weight is 541 g/mol. The van der Waals surface area contributed by atoms with E-state index in [1.54, 1.807) is 0 Å². The zero-order valence-electron chi connectivity index (χ0n) is 20.4. The molecule has 18 heteroatoms. The van der Waals surface area contributed by atoms with Crippen molar-refractivity contribution in [2.24, 2.45) is 5.73 Å². The molecule has 2 aliphatic rings. The van der Waals surface area contributed by atoms with Crippen molar-refractivity contribution < 1.29 is 39.0 Å². The lowest BCUT2D eigenvalue weighted by molar-refractivity contribution is -0.134. The first-order valence-electron chi connectivity index (χ1n) is 11.5. The number of aliphatic hydroxyl groups excluding tert-OH is 2. The van der Waals surface area contributed by atoms with Gasteiger partial charge in [-0.05, 0) is 6.42 Å². The summed E-state index contributed by atoms with van der Waals surface area (Å²) in [5.74, 6) is -5.60. The summed E-state index contributed by atoms with van der Waals surface area (Å²) in [6.45, 7) is -0.823. The number of nitrogens with one attached hydrogen (secondary N) is 9. The Morgan fingerprint density at radius 1 is 0.974 bits per heavy atom. The maximum absolute atomic E-state index is 13.1. The van der Waals surface area contributed by atoms with Crippen LogP contribution in [0.2, 0.25) is 0 Å². The predicted molar refractivity (Wildman–Crippen MR) is 128 cm³/mol. The maximum atomic E-state index is 13.1. The van der Waals surface area contributed by atoms with Gasteiger partial charge in [0, 0.05) is 26.2 Å². The van der Waals surface area contributed by atoms with E-state index in [9.17, 15) is 39.0 Å². The Morgan fingerprint density at radius 3 is 2.21 bits per heavy atom. The topological polar surface area (TPSA) is 289 Å². The van der Waals surface area contributed by atoms with Gasteiger partial charge in [-0.25, -0.2) is 0 Å². The monoisotopic (exact) mass is 540 g/mol. The van der Waals surface area contributed by atoms with Gasteiger partial charge in [0.1, 0.15) is 29.9 Å². The van der Waals surface area contributed by atoms with Crippen LogP contribution in [0, 0.1) is 5.41 Å². The second-order valence-corrected chi connectivity index (χ2v) is 8.38. The Morgan fingerprint density at radius 2 is 1.61 bits per heavy atom. The third-order valence-electron chi connectivity index (χ3n) is 5.44. The summed E-state index contributed by atoms with van der Waals surface area (Å²) in [4.78, 5) is 75.3. The van der Waals surface area contributed by atoms with E-state index in [1.807, 2.05) is 0 Å². The number of carbonyl (C=O) groups excluding carboxylic acids is 6.